The van der Waals surface area contributed by atoms with Crippen LogP contribution in [0.1, 0.15) is 12.8 Å². The number of carboxylic acids is 1. The number of hydrogen-bond donors (Lipinski definition) is 4. The third kappa shape index (κ3) is 7.46. The Bertz CT molecular complexity index is 129. The van der Waals surface area contributed by atoms with Crippen molar-refractivity contribution in [3.63, 3.8) is 0 Å². The van der Waals surface area contributed by atoms with Gasteiger partial charge in [0, 0.05) is 6.61 Å². The maximum Gasteiger partial charge on any atom is 0.317 e. The zero-order valence-corrected chi connectivity index (χ0v) is 6.86. The van der Waals surface area contributed by atoms with Crippen molar-refractivity contribution in [3.05, 3.63) is 0 Å². The van der Waals surface area contributed by atoms with Crippen molar-refractivity contribution in [2.24, 2.45) is 0 Å². The van der Waals surface area contributed by atoms with Crippen LogP contribution < -0.4 is 5.32 Å². The van der Waals surface area contributed by atoms with Crippen molar-refractivity contribution < 1.29 is 20.1 Å². The second kappa shape index (κ2) is 7.02. The molecule has 0 saturated carbocycles. The molecule has 5 nitrogen and oxygen atoms in total. The molecule has 0 amide bonds. The highest BCUT2D eigenvalue weighted by Gasteiger charge is 2.02. The smallest absolute Gasteiger partial charge is 0.317 e. The van der Waals surface area contributed by atoms with Gasteiger partial charge in [-0.3, -0.25) is 4.79 Å². The van der Waals surface area contributed by atoms with E-state index in [0.29, 0.717) is 19.4 Å². The van der Waals surface area contributed by atoms with E-state index in [-0.39, 0.29) is 13.2 Å². The molecule has 0 bridgehead atoms. The first-order valence-corrected chi connectivity index (χ1v) is 3.88. The molecule has 5 heteroatoms. The number of rotatable bonds is 7. The molecule has 0 aromatic carbocycles. The van der Waals surface area contributed by atoms with Crippen molar-refractivity contribution in [1.29, 1.82) is 0 Å². The Labute approximate surface area is 71.0 Å². The molecular formula is C7H15NO4. The predicted octanol–water partition coefficient (Wildman–Crippen LogP) is -1.21. The fourth-order valence-electron chi connectivity index (χ4n) is 0.757. The molecule has 1 atom stereocenters. The minimum atomic E-state index is -0.911. The van der Waals surface area contributed by atoms with Gasteiger partial charge in [0.2, 0.25) is 0 Å². The molecule has 0 aliphatic rings. The van der Waals surface area contributed by atoms with Gasteiger partial charge in [-0.2, -0.15) is 0 Å². The first-order chi connectivity index (χ1) is 5.66. The van der Waals surface area contributed by atoms with Crippen LogP contribution in [0, 0.1) is 0 Å². The standard InChI is InChI=1S/C7H15NO4/c9-4-2-6(10)1-3-8-5-7(11)12/h6,8-10H,1-5H2,(H,11,12)/t6-/m0/s1. The molecule has 0 rings (SSSR count). The fraction of sp³-hybridized carbons (Fsp3) is 0.857. The van der Waals surface area contributed by atoms with Gasteiger partial charge in [-0.1, -0.05) is 0 Å². The van der Waals surface area contributed by atoms with Crippen molar-refractivity contribution in [2.45, 2.75) is 18.9 Å². The van der Waals surface area contributed by atoms with E-state index >= 15 is 0 Å². The summed E-state index contributed by atoms with van der Waals surface area (Å²) in [6.45, 7) is 0.319. The molecule has 0 unspecified atom stereocenters. The third-order valence-electron chi connectivity index (χ3n) is 1.39. The highest BCUT2D eigenvalue weighted by atomic mass is 16.4. The van der Waals surface area contributed by atoms with Crippen LogP contribution >= 0.6 is 0 Å². The zero-order chi connectivity index (χ0) is 9.40. The number of carbonyl (C=O) groups is 1. The van der Waals surface area contributed by atoms with Gasteiger partial charge in [-0.25, -0.2) is 0 Å². The molecule has 0 aromatic heterocycles. The van der Waals surface area contributed by atoms with Gasteiger partial charge in [0.1, 0.15) is 0 Å². The SMILES string of the molecule is O=C(O)CNCC[C@H](O)CCO. The first kappa shape index (κ1) is 11.4. The number of aliphatic hydroxyl groups excluding tert-OH is 2. The summed E-state index contributed by atoms with van der Waals surface area (Å²) < 4.78 is 0. The predicted molar refractivity (Wildman–Crippen MR) is 42.8 cm³/mol. The first-order valence-electron chi connectivity index (χ1n) is 3.88. The van der Waals surface area contributed by atoms with E-state index in [4.69, 9.17) is 15.3 Å². The minimum Gasteiger partial charge on any atom is -0.480 e. The van der Waals surface area contributed by atoms with Gasteiger partial charge in [-0.05, 0) is 19.4 Å². The molecule has 0 aliphatic heterocycles. The van der Waals surface area contributed by atoms with E-state index in [1.54, 1.807) is 0 Å². The Morgan fingerprint density at radius 3 is 2.58 bits per heavy atom. The second-order valence-corrected chi connectivity index (χ2v) is 2.53. The van der Waals surface area contributed by atoms with Crippen LogP contribution in [-0.4, -0.2) is 47.1 Å². The molecule has 0 fully saturated rings. The van der Waals surface area contributed by atoms with E-state index in [2.05, 4.69) is 5.32 Å². The molecule has 12 heavy (non-hydrogen) atoms. The number of aliphatic hydroxyl groups is 2. The summed E-state index contributed by atoms with van der Waals surface area (Å²) in [5, 5.41) is 28.3. The lowest BCUT2D eigenvalue weighted by Gasteiger charge is -2.07. The molecule has 0 aliphatic carbocycles. The number of aliphatic carboxylic acids is 1. The molecule has 4 N–H and O–H groups in total. The van der Waals surface area contributed by atoms with Gasteiger partial charge in [-0.15, -0.1) is 0 Å². The van der Waals surface area contributed by atoms with Crippen LogP contribution in [0.5, 0.6) is 0 Å². The highest BCUT2D eigenvalue weighted by Crippen LogP contribution is 1.94. The fourth-order valence-corrected chi connectivity index (χ4v) is 0.757. The normalized spacial score (nSPS) is 12.8. The quantitative estimate of drug-likeness (QED) is 0.366. The molecule has 0 radical (unpaired) electrons. The number of nitrogens with one attached hydrogen (secondary N) is 1. The summed E-state index contributed by atoms with van der Waals surface area (Å²) in [7, 11) is 0. The second-order valence-electron chi connectivity index (χ2n) is 2.53. The number of hydrogen-bond acceptors (Lipinski definition) is 4. The summed E-state index contributed by atoms with van der Waals surface area (Å²) in [5.41, 5.74) is 0. The summed E-state index contributed by atoms with van der Waals surface area (Å²) in [4.78, 5) is 10.0. The lowest BCUT2D eigenvalue weighted by molar-refractivity contribution is -0.136. The van der Waals surface area contributed by atoms with Crippen molar-refractivity contribution >= 4 is 5.97 Å². The summed E-state index contributed by atoms with van der Waals surface area (Å²) in [5.74, 6) is -0.911. The van der Waals surface area contributed by atoms with Gasteiger partial charge < -0.3 is 20.6 Å². The Hall–Kier alpha value is -0.650. The lowest BCUT2D eigenvalue weighted by atomic mass is 10.2. The van der Waals surface area contributed by atoms with E-state index < -0.39 is 12.1 Å². The monoisotopic (exact) mass is 177 g/mol. The Morgan fingerprint density at radius 1 is 1.42 bits per heavy atom. The van der Waals surface area contributed by atoms with Gasteiger partial charge in [0.15, 0.2) is 0 Å². The van der Waals surface area contributed by atoms with Crippen LogP contribution in [0.25, 0.3) is 0 Å². The zero-order valence-electron chi connectivity index (χ0n) is 6.86. The van der Waals surface area contributed by atoms with Crippen LogP contribution in [0.2, 0.25) is 0 Å². The Morgan fingerprint density at radius 2 is 2.08 bits per heavy atom. The van der Waals surface area contributed by atoms with Crippen molar-refractivity contribution in [1.82, 2.24) is 5.32 Å². The van der Waals surface area contributed by atoms with Gasteiger partial charge in [0.25, 0.3) is 0 Å². The van der Waals surface area contributed by atoms with Crippen molar-refractivity contribution in [3.8, 4) is 0 Å². The number of carboxylic acid groups (broad SMARTS) is 1. The van der Waals surface area contributed by atoms with Gasteiger partial charge in [0.05, 0.1) is 12.6 Å². The largest absolute Gasteiger partial charge is 0.480 e. The average molecular weight is 177 g/mol. The molecule has 72 valence electrons. The van der Waals surface area contributed by atoms with Crippen LogP contribution in [0.3, 0.4) is 0 Å². The van der Waals surface area contributed by atoms with Gasteiger partial charge >= 0.3 is 5.97 Å². The summed E-state index contributed by atoms with van der Waals surface area (Å²) >= 11 is 0. The minimum absolute atomic E-state index is 0.0416. The third-order valence-corrected chi connectivity index (χ3v) is 1.39. The molecule has 0 saturated heterocycles. The molecule has 0 heterocycles. The van der Waals surface area contributed by atoms with Crippen LogP contribution in [0.4, 0.5) is 0 Å². The summed E-state index contributed by atoms with van der Waals surface area (Å²) in [6, 6.07) is 0. The van der Waals surface area contributed by atoms with E-state index in [1.807, 2.05) is 0 Å². The molecule has 0 aromatic rings. The summed E-state index contributed by atoms with van der Waals surface area (Å²) in [6.07, 6.45) is 0.263. The van der Waals surface area contributed by atoms with E-state index in [9.17, 15) is 4.79 Å². The van der Waals surface area contributed by atoms with Crippen molar-refractivity contribution in [2.75, 3.05) is 19.7 Å². The maximum absolute atomic E-state index is 10.0. The van der Waals surface area contributed by atoms with E-state index in [0.717, 1.165) is 0 Å². The Kier molecular flexibility index (Phi) is 6.64. The molecule has 0 spiro atoms. The van der Waals surface area contributed by atoms with Crippen LogP contribution in [0.15, 0.2) is 0 Å². The Balaban J connectivity index is 3.13. The highest BCUT2D eigenvalue weighted by molar-refractivity contribution is 5.68. The van der Waals surface area contributed by atoms with Crippen LogP contribution in [-0.2, 0) is 4.79 Å². The molecular weight excluding hydrogens is 162 g/mol. The maximum atomic E-state index is 10.0. The average Bonchev–Trinajstić information content (AvgIpc) is 1.98. The lowest BCUT2D eigenvalue weighted by Crippen LogP contribution is -2.26. The van der Waals surface area contributed by atoms with E-state index in [1.165, 1.54) is 0 Å². The topological polar surface area (TPSA) is 89.8 Å².